The Morgan fingerprint density at radius 2 is 2.08 bits per heavy atom. The number of ether oxygens (including phenoxy) is 1. The van der Waals surface area contributed by atoms with Crippen LogP contribution in [0.25, 0.3) is 0 Å². The Bertz CT molecular complexity index is 778. The largest absolute Gasteiger partial charge is 0.506 e. The van der Waals surface area contributed by atoms with Crippen molar-refractivity contribution >= 4 is 29.4 Å². The van der Waals surface area contributed by atoms with Crippen molar-refractivity contribution in [3.63, 3.8) is 0 Å². The molecule has 0 aliphatic carbocycles. The molecule has 25 heavy (non-hydrogen) atoms. The lowest BCUT2D eigenvalue weighted by molar-refractivity contribution is -0.141. The number of β-amino-alcohol motifs (C(OH)–C–C–N with tert-alkyl or cyclic N) is 1. The molecule has 1 aromatic carbocycles. The molecule has 3 rings (SSSR count). The fraction of sp³-hybridized carbons (Fsp3) is 0.438. The second-order valence-corrected chi connectivity index (χ2v) is 6.64. The summed E-state index contributed by atoms with van der Waals surface area (Å²) in [5.41, 5.74) is -0.0909. The maximum absolute atomic E-state index is 12.7. The van der Waals surface area contributed by atoms with Gasteiger partial charge in [-0.05, 0) is 18.6 Å². The van der Waals surface area contributed by atoms with E-state index >= 15 is 0 Å². The van der Waals surface area contributed by atoms with Crippen molar-refractivity contribution < 1.29 is 34.4 Å². The number of aliphatic carboxylic acids is 1. The van der Waals surface area contributed by atoms with E-state index in [1.165, 1.54) is 6.07 Å². The molecule has 1 saturated heterocycles. The molecule has 134 valence electrons. The van der Waals surface area contributed by atoms with Crippen LogP contribution in [0, 0.1) is 0 Å². The monoisotopic (exact) mass is 369 g/mol. The van der Waals surface area contributed by atoms with E-state index < -0.39 is 41.8 Å². The second kappa shape index (κ2) is 6.20. The number of halogens is 1. The van der Waals surface area contributed by atoms with Gasteiger partial charge >= 0.3 is 11.9 Å². The lowest BCUT2D eigenvalue weighted by Gasteiger charge is -2.26. The van der Waals surface area contributed by atoms with Crippen molar-refractivity contribution in [2.45, 2.75) is 38.0 Å². The highest BCUT2D eigenvalue weighted by Gasteiger charge is 2.41. The van der Waals surface area contributed by atoms with Crippen LogP contribution in [0.5, 0.6) is 5.75 Å². The highest BCUT2D eigenvalue weighted by molar-refractivity contribution is 6.32. The maximum atomic E-state index is 12.7. The van der Waals surface area contributed by atoms with E-state index in [-0.39, 0.29) is 29.1 Å². The van der Waals surface area contributed by atoms with Crippen LogP contribution >= 0.6 is 11.6 Å². The lowest BCUT2D eigenvalue weighted by atomic mass is 9.95. The second-order valence-electron chi connectivity index (χ2n) is 6.23. The summed E-state index contributed by atoms with van der Waals surface area (Å²) < 4.78 is 5.07. The summed E-state index contributed by atoms with van der Waals surface area (Å²) >= 11 is 6.17. The summed E-state index contributed by atoms with van der Waals surface area (Å²) in [5, 5.41) is 29.4. The van der Waals surface area contributed by atoms with Crippen LogP contribution in [0.3, 0.4) is 0 Å². The van der Waals surface area contributed by atoms with Gasteiger partial charge in [-0.3, -0.25) is 4.79 Å². The van der Waals surface area contributed by atoms with Gasteiger partial charge in [0.15, 0.2) is 0 Å². The van der Waals surface area contributed by atoms with Crippen molar-refractivity contribution in [3.8, 4) is 5.75 Å². The number of hydrogen-bond donors (Lipinski definition) is 3. The molecule has 0 saturated carbocycles. The molecule has 3 atom stereocenters. The number of aliphatic hydroxyl groups is 1. The molecule has 1 fully saturated rings. The highest BCUT2D eigenvalue weighted by atomic mass is 35.5. The normalized spacial score (nSPS) is 25.5. The fourth-order valence-corrected chi connectivity index (χ4v) is 3.54. The van der Waals surface area contributed by atoms with E-state index in [1.54, 1.807) is 6.92 Å². The van der Waals surface area contributed by atoms with Crippen LogP contribution in [-0.2, 0) is 16.0 Å². The van der Waals surface area contributed by atoms with Crippen LogP contribution in [0.4, 0.5) is 0 Å². The van der Waals surface area contributed by atoms with Gasteiger partial charge in [0.2, 0.25) is 0 Å². The number of phenolic OH excluding ortho intramolecular Hbond substituents is 1. The molecule has 8 nitrogen and oxygen atoms in total. The van der Waals surface area contributed by atoms with Gasteiger partial charge in [0, 0.05) is 24.4 Å². The Hall–Kier alpha value is -2.32. The van der Waals surface area contributed by atoms with Gasteiger partial charge in [-0.1, -0.05) is 11.6 Å². The third kappa shape index (κ3) is 2.91. The van der Waals surface area contributed by atoms with Gasteiger partial charge < -0.3 is 25.0 Å². The predicted molar refractivity (Wildman–Crippen MR) is 84.8 cm³/mol. The van der Waals surface area contributed by atoms with Gasteiger partial charge in [-0.2, -0.15) is 0 Å². The van der Waals surface area contributed by atoms with E-state index in [9.17, 15) is 29.7 Å². The molecule has 2 aliphatic heterocycles. The molecule has 0 aromatic heterocycles. The molecule has 2 aliphatic rings. The predicted octanol–water partition coefficient (Wildman–Crippen LogP) is 0.807. The number of aliphatic hydroxyl groups excluding tert-OH is 1. The molecular weight excluding hydrogens is 354 g/mol. The first-order chi connectivity index (χ1) is 11.7. The average Bonchev–Trinajstić information content (AvgIpc) is 2.91. The third-order valence-electron chi connectivity index (χ3n) is 4.41. The standard InChI is InChI=1S/C16H16ClNO7/c1-6-2-8-10(17)4-9(13(20)12(8)16(24)25-6)14(21)18-5-7(19)3-11(18)15(22)23/h4,6-7,11,19-20H,2-3,5H2,1H3,(H,22,23)/t6?,7?,11-/m0/s1. The minimum absolute atomic E-state index is 0.111. The van der Waals surface area contributed by atoms with Crippen molar-refractivity contribution in [2.75, 3.05) is 6.54 Å². The first kappa shape index (κ1) is 17.5. The number of rotatable bonds is 2. The molecular formula is C16H16ClNO7. The van der Waals surface area contributed by atoms with Crippen molar-refractivity contribution in [1.29, 1.82) is 0 Å². The van der Waals surface area contributed by atoms with Gasteiger partial charge in [0.25, 0.3) is 5.91 Å². The number of carboxylic acids is 1. The molecule has 2 heterocycles. The molecule has 1 aromatic rings. The molecule has 9 heteroatoms. The SMILES string of the molecule is CC1Cc2c(Cl)cc(C(=O)N3CC(O)C[C@H]3C(=O)O)c(O)c2C(=O)O1. The average molecular weight is 370 g/mol. The topological polar surface area (TPSA) is 124 Å². The number of carbonyl (C=O) groups excluding carboxylic acids is 2. The molecule has 1 amide bonds. The molecule has 0 radical (unpaired) electrons. The van der Waals surface area contributed by atoms with Crippen LogP contribution in [0.1, 0.15) is 39.6 Å². The van der Waals surface area contributed by atoms with Crippen molar-refractivity contribution in [3.05, 3.63) is 27.8 Å². The molecule has 2 unspecified atom stereocenters. The Morgan fingerprint density at radius 3 is 2.72 bits per heavy atom. The van der Waals surface area contributed by atoms with E-state index in [1.807, 2.05) is 0 Å². The number of fused-ring (bicyclic) bond motifs is 1. The molecule has 3 N–H and O–H groups in total. The number of cyclic esters (lactones) is 1. The maximum Gasteiger partial charge on any atom is 0.342 e. The smallest absolute Gasteiger partial charge is 0.342 e. The zero-order valence-corrected chi connectivity index (χ0v) is 14.0. The number of esters is 1. The van der Waals surface area contributed by atoms with Gasteiger partial charge in [0.05, 0.1) is 11.7 Å². The summed E-state index contributed by atoms with van der Waals surface area (Å²) in [6.07, 6.45) is -1.21. The van der Waals surface area contributed by atoms with E-state index in [4.69, 9.17) is 16.3 Å². The molecule has 0 spiro atoms. The number of phenols is 1. The van der Waals surface area contributed by atoms with E-state index in [0.717, 1.165) is 4.90 Å². The van der Waals surface area contributed by atoms with Gasteiger partial charge in [-0.15, -0.1) is 0 Å². The Kier molecular flexibility index (Phi) is 4.34. The third-order valence-corrected chi connectivity index (χ3v) is 4.75. The number of hydrogen-bond acceptors (Lipinski definition) is 6. The Labute approximate surface area is 147 Å². The van der Waals surface area contributed by atoms with Gasteiger partial charge in [0.1, 0.15) is 23.5 Å². The summed E-state index contributed by atoms with van der Waals surface area (Å²) in [6.45, 7) is 1.49. The number of likely N-dealkylation sites (tertiary alicyclic amines) is 1. The summed E-state index contributed by atoms with van der Waals surface area (Å²) in [7, 11) is 0. The van der Waals surface area contributed by atoms with Crippen molar-refractivity contribution in [1.82, 2.24) is 4.90 Å². The number of amides is 1. The van der Waals surface area contributed by atoms with Crippen LogP contribution < -0.4 is 0 Å². The van der Waals surface area contributed by atoms with Crippen molar-refractivity contribution in [2.24, 2.45) is 0 Å². The number of aromatic hydroxyl groups is 1. The highest BCUT2D eigenvalue weighted by Crippen LogP contribution is 2.37. The van der Waals surface area contributed by atoms with Crippen LogP contribution in [-0.4, -0.2) is 62.9 Å². The number of carboxylic acid groups (broad SMARTS) is 1. The van der Waals surface area contributed by atoms with E-state index in [2.05, 4.69) is 0 Å². The summed E-state index contributed by atoms with van der Waals surface area (Å²) in [6, 6.07) is -0.00355. The first-order valence-electron chi connectivity index (χ1n) is 7.67. The zero-order chi connectivity index (χ0) is 18.5. The summed E-state index contributed by atoms with van der Waals surface area (Å²) in [5.74, 6) is -3.47. The minimum atomic E-state index is -1.26. The Morgan fingerprint density at radius 1 is 1.40 bits per heavy atom. The fourth-order valence-electron chi connectivity index (χ4n) is 3.26. The number of carbonyl (C=O) groups is 3. The number of benzene rings is 1. The Balaban J connectivity index is 2.05. The quantitative estimate of drug-likeness (QED) is 0.659. The van der Waals surface area contributed by atoms with Gasteiger partial charge in [-0.25, -0.2) is 9.59 Å². The minimum Gasteiger partial charge on any atom is -0.506 e. The first-order valence-corrected chi connectivity index (χ1v) is 8.05. The lowest BCUT2D eigenvalue weighted by Crippen LogP contribution is -2.40. The van der Waals surface area contributed by atoms with Crippen LogP contribution in [0.15, 0.2) is 6.07 Å². The van der Waals surface area contributed by atoms with E-state index in [0.29, 0.717) is 12.0 Å². The molecule has 0 bridgehead atoms. The number of nitrogens with zero attached hydrogens (tertiary/aromatic N) is 1. The zero-order valence-electron chi connectivity index (χ0n) is 13.2. The summed E-state index contributed by atoms with van der Waals surface area (Å²) in [4.78, 5) is 37.1. The van der Waals surface area contributed by atoms with Crippen LogP contribution in [0.2, 0.25) is 5.02 Å².